The molecule has 28 heavy (non-hydrogen) atoms. The molecule has 5 nitrogen and oxygen atoms in total. The second-order valence-corrected chi connectivity index (χ2v) is 6.64. The summed E-state index contributed by atoms with van der Waals surface area (Å²) in [6.45, 7) is 2.07. The van der Waals surface area contributed by atoms with Crippen LogP contribution in [0.3, 0.4) is 0 Å². The summed E-state index contributed by atoms with van der Waals surface area (Å²) in [7, 11) is 0. The van der Waals surface area contributed by atoms with Gasteiger partial charge in [0, 0.05) is 0 Å². The highest BCUT2D eigenvalue weighted by Crippen LogP contribution is 2.45. The molecule has 0 aliphatic carbocycles. The molecule has 2 aromatic carbocycles. The van der Waals surface area contributed by atoms with Crippen LogP contribution in [-0.4, -0.2) is 9.78 Å². The third-order valence-electron chi connectivity index (χ3n) is 4.82. The predicted molar refractivity (Wildman–Crippen MR) is 103 cm³/mol. The number of nitrogens with zero attached hydrogens (tertiary/aromatic N) is 3. The minimum absolute atomic E-state index is 0.0458. The number of rotatable bonds is 4. The highest BCUT2D eigenvalue weighted by atomic mass is 19.1. The molecule has 2 heterocycles. The van der Waals surface area contributed by atoms with E-state index in [4.69, 9.17) is 15.6 Å². The number of para-hydroxylation sites is 1. The number of aryl methyl sites for hydroxylation is 1. The number of benzene rings is 2. The van der Waals surface area contributed by atoms with Crippen molar-refractivity contribution in [3.05, 3.63) is 88.7 Å². The molecule has 0 saturated heterocycles. The monoisotopic (exact) mass is 374 g/mol. The lowest BCUT2D eigenvalue weighted by Crippen LogP contribution is -2.22. The van der Waals surface area contributed by atoms with Crippen LogP contribution in [0, 0.1) is 17.1 Å². The normalized spacial score (nSPS) is 15.7. The zero-order valence-corrected chi connectivity index (χ0v) is 15.4. The molecule has 0 radical (unpaired) electrons. The van der Waals surface area contributed by atoms with Gasteiger partial charge < -0.3 is 10.5 Å². The van der Waals surface area contributed by atoms with Crippen molar-refractivity contribution in [2.45, 2.75) is 25.7 Å². The van der Waals surface area contributed by atoms with Gasteiger partial charge in [0.05, 0.1) is 22.9 Å². The lowest BCUT2D eigenvalue weighted by molar-refractivity contribution is 0.367. The SMILES string of the molecule is CCCc1nn(-c2ccccc2)c2c1[C@@H](c1ccc(F)cc1)C(C#N)=C(N)O2. The van der Waals surface area contributed by atoms with E-state index < -0.39 is 5.92 Å². The van der Waals surface area contributed by atoms with Crippen LogP contribution in [0.2, 0.25) is 0 Å². The summed E-state index contributed by atoms with van der Waals surface area (Å²) in [5.41, 5.74) is 9.69. The number of hydrogen-bond acceptors (Lipinski definition) is 4. The summed E-state index contributed by atoms with van der Waals surface area (Å²) >= 11 is 0. The van der Waals surface area contributed by atoms with Crippen molar-refractivity contribution in [3.8, 4) is 17.6 Å². The standard InChI is InChI=1S/C22H19FN4O/c1-2-6-18-20-19(14-9-11-15(23)12-10-14)17(13-24)21(25)28-22(20)27(26-18)16-7-4-3-5-8-16/h3-5,7-12,19H,2,6,25H2,1H3/t19-/m0/s1. The van der Waals surface area contributed by atoms with E-state index in [0.29, 0.717) is 11.5 Å². The number of aromatic nitrogens is 2. The van der Waals surface area contributed by atoms with Crippen molar-refractivity contribution in [3.63, 3.8) is 0 Å². The van der Waals surface area contributed by atoms with Crippen molar-refractivity contribution in [1.29, 1.82) is 5.26 Å². The van der Waals surface area contributed by atoms with Crippen molar-refractivity contribution >= 4 is 0 Å². The number of nitriles is 1. The maximum atomic E-state index is 13.5. The predicted octanol–water partition coefficient (Wildman–Crippen LogP) is 4.18. The summed E-state index contributed by atoms with van der Waals surface area (Å²) < 4.78 is 21.1. The first-order valence-electron chi connectivity index (χ1n) is 9.14. The molecule has 0 amide bonds. The van der Waals surface area contributed by atoms with Crippen LogP contribution in [0.25, 0.3) is 5.69 Å². The fourth-order valence-corrected chi connectivity index (χ4v) is 3.57. The number of ether oxygens (including phenoxy) is 1. The van der Waals surface area contributed by atoms with E-state index in [0.717, 1.165) is 35.3 Å². The Kier molecular flexibility index (Phi) is 4.58. The van der Waals surface area contributed by atoms with Gasteiger partial charge >= 0.3 is 0 Å². The number of allylic oxidation sites excluding steroid dienone is 1. The molecule has 0 spiro atoms. The smallest absolute Gasteiger partial charge is 0.229 e. The van der Waals surface area contributed by atoms with Gasteiger partial charge in [0.25, 0.3) is 0 Å². The van der Waals surface area contributed by atoms with Crippen LogP contribution in [-0.2, 0) is 6.42 Å². The molecule has 3 aromatic rings. The van der Waals surface area contributed by atoms with Gasteiger partial charge in [0.1, 0.15) is 17.5 Å². The van der Waals surface area contributed by atoms with Gasteiger partial charge in [-0.05, 0) is 36.2 Å². The molecule has 1 atom stereocenters. The van der Waals surface area contributed by atoms with Crippen molar-refractivity contribution in [2.75, 3.05) is 0 Å². The number of fused-ring (bicyclic) bond motifs is 1. The molecule has 1 aromatic heterocycles. The second kappa shape index (κ2) is 7.20. The Hall–Kier alpha value is -3.59. The molecule has 1 aliphatic rings. The minimum Gasteiger partial charge on any atom is -0.422 e. The molecular formula is C22H19FN4O. The Morgan fingerprint density at radius 3 is 2.54 bits per heavy atom. The third kappa shape index (κ3) is 2.91. The zero-order valence-electron chi connectivity index (χ0n) is 15.4. The molecular weight excluding hydrogens is 355 g/mol. The average molecular weight is 374 g/mol. The van der Waals surface area contributed by atoms with E-state index in [9.17, 15) is 9.65 Å². The van der Waals surface area contributed by atoms with E-state index in [1.165, 1.54) is 12.1 Å². The average Bonchev–Trinajstić information content (AvgIpc) is 3.06. The maximum absolute atomic E-state index is 13.5. The van der Waals surface area contributed by atoms with Crippen LogP contribution < -0.4 is 10.5 Å². The van der Waals surface area contributed by atoms with Crippen molar-refractivity contribution in [2.24, 2.45) is 5.73 Å². The highest BCUT2D eigenvalue weighted by Gasteiger charge is 2.36. The molecule has 2 N–H and O–H groups in total. The van der Waals surface area contributed by atoms with Gasteiger partial charge in [0.2, 0.25) is 11.8 Å². The second-order valence-electron chi connectivity index (χ2n) is 6.64. The lowest BCUT2D eigenvalue weighted by atomic mass is 9.83. The van der Waals surface area contributed by atoms with Crippen LogP contribution in [0.4, 0.5) is 4.39 Å². The Morgan fingerprint density at radius 1 is 1.18 bits per heavy atom. The topological polar surface area (TPSA) is 76.9 Å². The van der Waals surface area contributed by atoms with Gasteiger partial charge in [-0.15, -0.1) is 0 Å². The molecule has 0 unspecified atom stereocenters. The molecule has 0 saturated carbocycles. The summed E-state index contributed by atoms with van der Waals surface area (Å²) in [5, 5.41) is 14.5. The Morgan fingerprint density at radius 2 is 1.89 bits per heavy atom. The molecule has 140 valence electrons. The number of hydrogen-bond donors (Lipinski definition) is 1. The zero-order chi connectivity index (χ0) is 19.7. The molecule has 0 fully saturated rings. The molecule has 0 bridgehead atoms. The van der Waals surface area contributed by atoms with Gasteiger partial charge in [-0.3, -0.25) is 0 Å². The largest absolute Gasteiger partial charge is 0.422 e. The van der Waals surface area contributed by atoms with Crippen LogP contribution in [0.15, 0.2) is 66.1 Å². The molecule has 6 heteroatoms. The van der Waals surface area contributed by atoms with E-state index in [1.807, 2.05) is 30.3 Å². The molecule has 1 aliphatic heterocycles. The first-order chi connectivity index (χ1) is 13.6. The van der Waals surface area contributed by atoms with Crippen LogP contribution in [0.5, 0.6) is 5.88 Å². The van der Waals surface area contributed by atoms with E-state index in [2.05, 4.69) is 13.0 Å². The van der Waals surface area contributed by atoms with Gasteiger partial charge in [0.15, 0.2) is 0 Å². The van der Waals surface area contributed by atoms with Crippen molar-refractivity contribution < 1.29 is 9.13 Å². The Bertz CT molecular complexity index is 1080. The van der Waals surface area contributed by atoms with Crippen LogP contribution >= 0.6 is 0 Å². The van der Waals surface area contributed by atoms with Crippen LogP contribution in [0.1, 0.15) is 36.1 Å². The number of nitrogens with two attached hydrogens (primary N) is 1. The first kappa shape index (κ1) is 17.8. The minimum atomic E-state index is -0.451. The van der Waals surface area contributed by atoms with E-state index >= 15 is 0 Å². The van der Waals surface area contributed by atoms with E-state index in [-0.39, 0.29) is 11.7 Å². The fourth-order valence-electron chi connectivity index (χ4n) is 3.57. The van der Waals surface area contributed by atoms with Crippen molar-refractivity contribution in [1.82, 2.24) is 9.78 Å². The first-order valence-corrected chi connectivity index (χ1v) is 9.14. The lowest BCUT2D eigenvalue weighted by Gasteiger charge is -2.25. The summed E-state index contributed by atoms with van der Waals surface area (Å²) in [5.74, 6) is -0.237. The van der Waals surface area contributed by atoms with Gasteiger partial charge in [-0.2, -0.15) is 10.4 Å². The Labute approximate surface area is 162 Å². The summed E-state index contributed by atoms with van der Waals surface area (Å²) in [4.78, 5) is 0. The summed E-state index contributed by atoms with van der Waals surface area (Å²) in [6, 6.07) is 17.9. The quantitative estimate of drug-likeness (QED) is 0.743. The Balaban J connectivity index is 1.97. The molecule has 4 rings (SSSR count). The number of halogens is 1. The maximum Gasteiger partial charge on any atom is 0.229 e. The summed E-state index contributed by atoms with van der Waals surface area (Å²) in [6.07, 6.45) is 1.61. The fraction of sp³-hybridized carbons (Fsp3) is 0.182. The van der Waals surface area contributed by atoms with Gasteiger partial charge in [-0.25, -0.2) is 9.07 Å². The van der Waals surface area contributed by atoms with E-state index in [1.54, 1.807) is 16.8 Å². The third-order valence-corrected chi connectivity index (χ3v) is 4.82. The van der Waals surface area contributed by atoms with Gasteiger partial charge in [-0.1, -0.05) is 43.7 Å². The highest BCUT2D eigenvalue weighted by molar-refractivity contribution is 5.57.